The number of nitrogens with zero attached hydrogens (tertiary/aromatic N) is 4. The molecule has 0 amide bonds. The number of aryl methyl sites for hydroxylation is 1. The first kappa shape index (κ1) is 31.4. The van der Waals surface area contributed by atoms with Crippen molar-refractivity contribution in [2.75, 3.05) is 0 Å². The summed E-state index contributed by atoms with van der Waals surface area (Å²) in [6.45, 7) is 1.92. The molecule has 0 aliphatic carbocycles. The first-order chi connectivity index (χ1) is 26.1. The highest BCUT2D eigenvalue weighted by Gasteiger charge is 2.18. The van der Waals surface area contributed by atoms with E-state index in [4.69, 9.17) is 30.2 Å². The summed E-state index contributed by atoms with van der Waals surface area (Å²) in [5.74, 6) is 4.86. The molecule has 9 rings (SSSR count). The topological polar surface area (TPSA) is 88.7 Å². The Kier molecular flexibility index (Phi) is 7.70. The van der Waals surface area contributed by atoms with Gasteiger partial charge in [0.05, 0.1) is 11.6 Å². The SMILES string of the molecule is C#C/C=C\c1c(C)oc2cc(-c3nc(-c4ccc(-c5cccc(C#N)c5)cc4)nc(-c4ccc5c(c4)oc4cccc(-c6ccccc6)c45)n3)ccc12. The summed E-state index contributed by atoms with van der Waals surface area (Å²) in [5.41, 5.74) is 10.4. The van der Waals surface area contributed by atoms with Gasteiger partial charge in [-0.3, -0.25) is 0 Å². The predicted molar refractivity (Wildman–Crippen MR) is 211 cm³/mol. The lowest BCUT2D eigenvalue weighted by atomic mass is 9.99. The molecule has 53 heavy (non-hydrogen) atoms. The Balaban J connectivity index is 1.18. The Bertz CT molecular complexity index is 2970. The van der Waals surface area contributed by atoms with Gasteiger partial charge in [-0.05, 0) is 83.8 Å². The Labute approximate surface area is 305 Å². The van der Waals surface area contributed by atoms with Crippen LogP contribution in [0.3, 0.4) is 0 Å². The second kappa shape index (κ2) is 13.0. The first-order valence-corrected chi connectivity index (χ1v) is 17.1. The standard InChI is InChI=1S/C47H28N4O2/c1-3-4-14-37-29(2)52-42-26-35(21-23-39(37)42)46-49-45(33-19-17-31(18-20-33)34-13-8-10-30(25-34)28-48)50-47(51-46)36-22-24-40-43(27-36)53-41-16-9-15-38(44(40)41)32-11-6-5-7-12-32/h1,4-27H,2H3/b14-4-. The Morgan fingerprint density at radius 1 is 0.566 bits per heavy atom. The number of nitriles is 1. The fourth-order valence-corrected chi connectivity index (χ4v) is 6.88. The molecule has 0 atom stereocenters. The quantitative estimate of drug-likeness (QED) is 0.162. The van der Waals surface area contributed by atoms with E-state index in [1.165, 1.54) is 0 Å². The summed E-state index contributed by atoms with van der Waals surface area (Å²) in [6, 6.07) is 46.4. The van der Waals surface area contributed by atoms with Gasteiger partial charge in [-0.15, -0.1) is 6.42 Å². The van der Waals surface area contributed by atoms with Crippen molar-refractivity contribution in [1.82, 2.24) is 15.0 Å². The van der Waals surface area contributed by atoms with Crippen LogP contribution in [0.15, 0.2) is 148 Å². The molecule has 6 aromatic carbocycles. The van der Waals surface area contributed by atoms with Gasteiger partial charge in [-0.1, -0.05) is 96.9 Å². The molecule has 0 aliphatic rings. The molecule has 248 valence electrons. The summed E-state index contributed by atoms with van der Waals surface area (Å²) in [7, 11) is 0. The minimum absolute atomic E-state index is 0.503. The number of hydrogen-bond acceptors (Lipinski definition) is 6. The van der Waals surface area contributed by atoms with Gasteiger partial charge < -0.3 is 8.83 Å². The van der Waals surface area contributed by atoms with Crippen molar-refractivity contribution in [3.05, 3.63) is 156 Å². The van der Waals surface area contributed by atoms with Crippen LogP contribution >= 0.6 is 0 Å². The number of rotatable bonds is 6. The van der Waals surface area contributed by atoms with Crippen molar-refractivity contribution in [3.63, 3.8) is 0 Å². The molecule has 0 saturated carbocycles. The van der Waals surface area contributed by atoms with Gasteiger partial charge >= 0.3 is 0 Å². The molecule has 9 aromatic rings. The van der Waals surface area contributed by atoms with Crippen LogP contribution in [0.2, 0.25) is 0 Å². The van der Waals surface area contributed by atoms with E-state index in [2.05, 4.69) is 36.3 Å². The van der Waals surface area contributed by atoms with Crippen molar-refractivity contribution in [3.8, 4) is 74.8 Å². The molecule has 6 heteroatoms. The minimum Gasteiger partial charge on any atom is -0.461 e. The minimum atomic E-state index is 0.503. The van der Waals surface area contributed by atoms with Crippen LogP contribution in [0.1, 0.15) is 16.9 Å². The van der Waals surface area contributed by atoms with Crippen molar-refractivity contribution < 1.29 is 8.83 Å². The number of hydrogen-bond donors (Lipinski definition) is 0. The Hall–Kier alpha value is -7.54. The van der Waals surface area contributed by atoms with Crippen LogP contribution in [-0.2, 0) is 0 Å². The maximum absolute atomic E-state index is 9.41. The normalized spacial score (nSPS) is 11.4. The van der Waals surface area contributed by atoms with Crippen molar-refractivity contribution in [1.29, 1.82) is 5.26 Å². The summed E-state index contributed by atoms with van der Waals surface area (Å²) in [6.07, 6.45) is 9.04. The van der Waals surface area contributed by atoms with Gasteiger partial charge in [0.2, 0.25) is 0 Å². The van der Waals surface area contributed by atoms with Crippen molar-refractivity contribution >= 4 is 39.0 Å². The third-order valence-electron chi connectivity index (χ3n) is 9.46. The zero-order chi connectivity index (χ0) is 35.9. The zero-order valence-electron chi connectivity index (χ0n) is 28.5. The molecular formula is C47H28N4O2. The van der Waals surface area contributed by atoms with Gasteiger partial charge in [0.15, 0.2) is 17.5 Å². The van der Waals surface area contributed by atoms with Crippen LogP contribution in [0.25, 0.3) is 95.4 Å². The fraction of sp³-hybridized carbons (Fsp3) is 0.0213. The van der Waals surface area contributed by atoms with Gasteiger partial charge in [0.1, 0.15) is 22.5 Å². The first-order valence-electron chi connectivity index (χ1n) is 17.1. The second-order valence-corrected chi connectivity index (χ2v) is 12.7. The number of furan rings is 2. The lowest BCUT2D eigenvalue weighted by Gasteiger charge is -2.09. The molecule has 0 fully saturated rings. The number of allylic oxidation sites excluding steroid dienone is 1. The highest BCUT2D eigenvalue weighted by molar-refractivity contribution is 6.13. The summed E-state index contributed by atoms with van der Waals surface area (Å²) in [4.78, 5) is 15.0. The molecule has 0 bridgehead atoms. The lowest BCUT2D eigenvalue weighted by Crippen LogP contribution is -2.00. The van der Waals surface area contributed by atoms with Crippen LogP contribution in [0.4, 0.5) is 0 Å². The number of fused-ring (bicyclic) bond motifs is 4. The molecule has 0 saturated heterocycles. The number of benzene rings is 6. The van der Waals surface area contributed by atoms with Crippen LogP contribution in [-0.4, -0.2) is 15.0 Å². The van der Waals surface area contributed by atoms with Crippen LogP contribution < -0.4 is 0 Å². The molecule has 0 spiro atoms. The molecule has 3 aromatic heterocycles. The monoisotopic (exact) mass is 680 g/mol. The van der Waals surface area contributed by atoms with E-state index in [0.29, 0.717) is 28.6 Å². The van der Waals surface area contributed by atoms with Gasteiger partial charge in [0.25, 0.3) is 0 Å². The summed E-state index contributed by atoms with van der Waals surface area (Å²) in [5, 5.41) is 12.4. The molecular weight excluding hydrogens is 653 g/mol. The highest BCUT2D eigenvalue weighted by Crippen LogP contribution is 2.38. The Morgan fingerprint density at radius 3 is 1.91 bits per heavy atom. The van der Waals surface area contributed by atoms with E-state index >= 15 is 0 Å². The van der Waals surface area contributed by atoms with Crippen molar-refractivity contribution in [2.45, 2.75) is 6.92 Å². The molecule has 6 nitrogen and oxygen atoms in total. The average molecular weight is 681 g/mol. The third kappa shape index (κ3) is 5.71. The third-order valence-corrected chi connectivity index (χ3v) is 9.46. The van der Waals surface area contributed by atoms with Gasteiger partial charge in [0, 0.05) is 38.4 Å². The molecule has 0 aliphatic heterocycles. The summed E-state index contributed by atoms with van der Waals surface area (Å²) >= 11 is 0. The predicted octanol–water partition coefficient (Wildman–Crippen LogP) is 11.7. The van der Waals surface area contributed by atoms with Crippen molar-refractivity contribution in [2.24, 2.45) is 0 Å². The number of terminal acetylenes is 1. The van der Waals surface area contributed by atoms with E-state index in [-0.39, 0.29) is 0 Å². The van der Waals surface area contributed by atoms with E-state index in [9.17, 15) is 5.26 Å². The highest BCUT2D eigenvalue weighted by atomic mass is 16.3. The van der Waals surface area contributed by atoms with Crippen LogP contribution in [0, 0.1) is 30.6 Å². The lowest BCUT2D eigenvalue weighted by molar-refractivity contribution is 0.577. The van der Waals surface area contributed by atoms with E-state index in [1.807, 2.05) is 116 Å². The van der Waals surface area contributed by atoms with E-state index < -0.39 is 0 Å². The Morgan fingerprint density at radius 2 is 1.19 bits per heavy atom. The maximum atomic E-state index is 9.41. The largest absolute Gasteiger partial charge is 0.461 e. The van der Waals surface area contributed by atoms with E-state index in [0.717, 1.165) is 77.6 Å². The molecule has 0 unspecified atom stereocenters. The fourth-order valence-electron chi connectivity index (χ4n) is 6.88. The van der Waals surface area contributed by atoms with Gasteiger partial charge in [-0.25, -0.2) is 15.0 Å². The zero-order valence-corrected chi connectivity index (χ0v) is 28.5. The molecule has 3 heterocycles. The smallest absolute Gasteiger partial charge is 0.164 e. The molecule has 0 radical (unpaired) electrons. The summed E-state index contributed by atoms with van der Waals surface area (Å²) < 4.78 is 12.6. The van der Waals surface area contributed by atoms with Gasteiger partial charge in [-0.2, -0.15) is 5.26 Å². The molecule has 0 N–H and O–H groups in total. The number of aromatic nitrogens is 3. The van der Waals surface area contributed by atoms with Crippen LogP contribution in [0.5, 0.6) is 0 Å². The second-order valence-electron chi connectivity index (χ2n) is 12.7. The van der Waals surface area contributed by atoms with E-state index in [1.54, 1.807) is 12.1 Å². The average Bonchev–Trinajstić information content (AvgIpc) is 3.75. The maximum Gasteiger partial charge on any atom is 0.164 e.